The number of ether oxygens (including phenoxy) is 1. The Balaban J connectivity index is 1.64. The number of hydrogen-bond acceptors (Lipinski definition) is 5. The predicted molar refractivity (Wildman–Crippen MR) is 133 cm³/mol. The van der Waals surface area contributed by atoms with Crippen molar-refractivity contribution < 1.29 is 9.53 Å². The van der Waals surface area contributed by atoms with Gasteiger partial charge in [0.05, 0.1) is 38.9 Å². The van der Waals surface area contributed by atoms with Gasteiger partial charge in [-0.3, -0.25) is 9.78 Å². The SMILES string of the molecule is CCOc1cc2c(cc1C(=O)NC1CCC(C)(C)CC1)nc(Nc1c(Cl)cncc1Cl)n2C. The smallest absolute Gasteiger partial charge is 0.255 e. The highest BCUT2D eigenvalue weighted by atomic mass is 35.5. The van der Waals surface area contributed by atoms with E-state index in [1.54, 1.807) is 6.07 Å². The van der Waals surface area contributed by atoms with Gasteiger partial charge in [0.1, 0.15) is 5.75 Å². The van der Waals surface area contributed by atoms with E-state index in [1.807, 2.05) is 24.6 Å². The molecule has 176 valence electrons. The summed E-state index contributed by atoms with van der Waals surface area (Å²) < 4.78 is 7.71. The van der Waals surface area contributed by atoms with Crippen molar-refractivity contribution in [3.63, 3.8) is 0 Å². The van der Waals surface area contributed by atoms with Crippen molar-refractivity contribution in [2.45, 2.75) is 52.5 Å². The van der Waals surface area contributed by atoms with Crippen molar-refractivity contribution in [1.82, 2.24) is 19.9 Å². The average Bonchev–Trinajstić information content (AvgIpc) is 3.06. The van der Waals surface area contributed by atoms with Crippen LogP contribution in [-0.4, -0.2) is 33.1 Å². The topological polar surface area (TPSA) is 81.1 Å². The Labute approximate surface area is 203 Å². The van der Waals surface area contributed by atoms with Crippen LogP contribution in [0, 0.1) is 5.41 Å². The Bertz CT molecular complexity index is 1160. The van der Waals surface area contributed by atoms with Crippen LogP contribution in [-0.2, 0) is 7.05 Å². The Morgan fingerprint density at radius 1 is 1.21 bits per heavy atom. The summed E-state index contributed by atoms with van der Waals surface area (Å²) in [5, 5.41) is 7.16. The minimum Gasteiger partial charge on any atom is -0.493 e. The van der Waals surface area contributed by atoms with Crippen molar-refractivity contribution in [2.24, 2.45) is 12.5 Å². The Kier molecular flexibility index (Phi) is 6.73. The third-order valence-corrected chi connectivity index (χ3v) is 6.86. The molecule has 2 aromatic heterocycles. The van der Waals surface area contributed by atoms with Gasteiger partial charge in [0.2, 0.25) is 5.95 Å². The van der Waals surface area contributed by atoms with E-state index >= 15 is 0 Å². The van der Waals surface area contributed by atoms with Gasteiger partial charge >= 0.3 is 0 Å². The van der Waals surface area contributed by atoms with E-state index in [0.717, 1.165) is 31.2 Å². The maximum absolute atomic E-state index is 13.2. The van der Waals surface area contributed by atoms with Crippen LogP contribution in [0.15, 0.2) is 24.5 Å². The summed E-state index contributed by atoms with van der Waals surface area (Å²) in [6, 6.07) is 3.81. The molecule has 2 heterocycles. The van der Waals surface area contributed by atoms with E-state index in [0.29, 0.717) is 50.5 Å². The zero-order valence-corrected chi connectivity index (χ0v) is 20.8. The summed E-state index contributed by atoms with van der Waals surface area (Å²) in [4.78, 5) is 21.9. The quantitative estimate of drug-likeness (QED) is 0.435. The van der Waals surface area contributed by atoms with Crippen LogP contribution in [0.1, 0.15) is 56.8 Å². The minimum atomic E-state index is -0.134. The lowest BCUT2D eigenvalue weighted by molar-refractivity contribution is 0.0905. The molecule has 1 aliphatic carbocycles. The molecule has 0 bridgehead atoms. The van der Waals surface area contributed by atoms with Gasteiger partial charge in [0.15, 0.2) is 0 Å². The highest BCUT2D eigenvalue weighted by molar-refractivity contribution is 6.39. The molecule has 0 aliphatic heterocycles. The molecular weight excluding hydrogens is 461 g/mol. The molecule has 1 aliphatic rings. The number of nitrogens with one attached hydrogen (secondary N) is 2. The van der Waals surface area contributed by atoms with Gasteiger partial charge in [0.25, 0.3) is 5.91 Å². The van der Waals surface area contributed by atoms with Crippen LogP contribution in [0.3, 0.4) is 0 Å². The number of anilines is 2. The number of imidazole rings is 1. The maximum Gasteiger partial charge on any atom is 0.255 e. The molecule has 1 saturated carbocycles. The number of carbonyl (C=O) groups is 1. The van der Waals surface area contributed by atoms with E-state index in [9.17, 15) is 4.79 Å². The molecule has 0 radical (unpaired) electrons. The van der Waals surface area contributed by atoms with E-state index in [-0.39, 0.29) is 11.9 Å². The molecule has 33 heavy (non-hydrogen) atoms. The molecule has 2 N–H and O–H groups in total. The van der Waals surface area contributed by atoms with Gasteiger partial charge in [-0.15, -0.1) is 0 Å². The fraction of sp³-hybridized carbons (Fsp3) is 0.458. The van der Waals surface area contributed by atoms with Crippen LogP contribution in [0.25, 0.3) is 11.0 Å². The maximum atomic E-state index is 13.2. The van der Waals surface area contributed by atoms with Gasteiger partial charge in [-0.25, -0.2) is 4.98 Å². The zero-order valence-electron chi connectivity index (χ0n) is 19.3. The monoisotopic (exact) mass is 489 g/mol. The molecule has 1 amide bonds. The zero-order chi connectivity index (χ0) is 23.8. The molecular formula is C24H29Cl2N5O2. The number of carbonyl (C=O) groups excluding carboxylic acids is 1. The Morgan fingerprint density at radius 2 is 1.88 bits per heavy atom. The van der Waals surface area contributed by atoms with Gasteiger partial charge in [-0.05, 0) is 44.1 Å². The number of aromatic nitrogens is 3. The first-order chi connectivity index (χ1) is 15.7. The molecule has 0 unspecified atom stereocenters. The van der Waals surface area contributed by atoms with Gasteiger partial charge in [0, 0.05) is 31.5 Å². The van der Waals surface area contributed by atoms with E-state index < -0.39 is 0 Å². The number of benzene rings is 1. The summed E-state index contributed by atoms with van der Waals surface area (Å²) in [6.07, 6.45) is 7.20. The first kappa shape index (κ1) is 23.6. The van der Waals surface area contributed by atoms with Gasteiger partial charge in [-0.2, -0.15) is 0 Å². The molecule has 9 heteroatoms. The number of nitrogens with zero attached hydrogens (tertiary/aromatic N) is 3. The average molecular weight is 490 g/mol. The number of halogens is 2. The first-order valence-electron chi connectivity index (χ1n) is 11.2. The molecule has 1 aromatic carbocycles. The number of aryl methyl sites for hydroxylation is 1. The van der Waals surface area contributed by atoms with Crippen LogP contribution < -0.4 is 15.4 Å². The Hall–Kier alpha value is -2.51. The number of pyridine rings is 1. The second-order valence-corrected chi connectivity index (χ2v) is 10.1. The van der Waals surface area contributed by atoms with Crippen LogP contribution in [0.4, 0.5) is 11.6 Å². The Morgan fingerprint density at radius 3 is 2.52 bits per heavy atom. The standard InChI is InChI=1S/C24H29Cl2N5O2/c1-5-33-20-11-19-18(10-15(20)22(32)28-14-6-8-24(2,3)9-7-14)29-23(31(19)4)30-21-16(25)12-27-13-17(21)26/h10-14H,5-9H2,1-4H3,(H,28,32)(H,27,29,30). The second kappa shape index (κ2) is 9.39. The summed E-state index contributed by atoms with van der Waals surface area (Å²) in [6.45, 7) is 6.92. The molecule has 0 saturated heterocycles. The van der Waals surface area contributed by atoms with E-state index in [4.69, 9.17) is 27.9 Å². The third kappa shape index (κ3) is 5.04. The fourth-order valence-electron chi connectivity index (χ4n) is 4.23. The van der Waals surface area contributed by atoms with Crippen molar-refractivity contribution in [1.29, 1.82) is 0 Å². The molecule has 1 fully saturated rings. The summed E-state index contributed by atoms with van der Waals surface area (Å²) >= 11 is 12.5. The molecule has 4 rings (SSSR count). The lowest BCUT2D eigenvalue weighted by Gasteiger charge is -2.34. The highest BCUT2D eigenvalue weighted by Gasteiger charge is 2.28. The third-order valence-electron chi connectivity index (χ3n) is 6.29. The van der Waals surface area contributed by atoms with E-state index in [2.05, 4.69) is 34.4 Å². The molecule has 0 atom stereocenters. The lowest BCUT2D eigenvalue weighted by atomic mass is 9.75. The summed E-state index contributed by atoms with van der Waals surface area (Å²) in [5.41, 5.74) is 2.83. The van der Waals surface area contributed by atoms with Crippen molar-refractivity contribution in [3.05, 3.63) is 40.1 Å². The van der Waals surface area contributed by atoms with Crippen molar-refractivity contribution in [3.8, 4) is 5.75 Å². The lowest BCUT2D eigenvalue weighted by Crippen LogP contribution is -2.39. The van der Waals surface area contributed by atoms with Crippen LogP contribution in [0.5, 0.6) is 5.75 Å². The predicted octanol–water partition coefficient (Wildman–Crippen LogP) is 6.12. The number of amides is 1. The summed E-state index contributed by atoms with van der Waals surface area (Å²) in [7, 11) is 1.87. The fourth-order valence-corrected chi connectivity index (χ4v) is 4.69. The highest BCUT2D eigenvalue weighted by Crippen LogP contribution is 2.36. The van der Waals surface area contributed by atoms with Crippen molar-refractivity contribution >= 4 is 51.8 Å². The number of fused-ring (bicyclic) bond motifs is 1. The van der Waals surface area contributed by atoms with Crippen LogP contribution in [0.2, 0.25) is 10.0 Å². The van der Waals surface area contributed by atoms with Gasteiger partial charge in [-0.1, -0.05) is 37.0 Å². The largest absolute Gasteiger partial charge is 0.493 e. The molecule has 7 nitrogen and oxygen atoms in total. The van der Waals surface area contributed by atoms with Gasteiger partial charge < -0.3 is 19.9 Å². The summed E-state index contributed by atoms with van der Waals surface area (Å²) in [5.74, 6) is 0.938. The van der Waals surface area contributed by atoms with Crippen molar-refractivity contribution in [2.75, 3.05) is 11.9 Å². The minimum absolute atomic E-state index is 0.134. The number of hydrogen-bond donors (Lipinski definition) is 2. The number of rotatable bonds is 6. The molecule has 3 aromatic rings. The van der Waals surface area contributed by atoms with E-state index in [1.165, 1.54) is 12.4 Å². The van der Waals surface area contributed by atoms with Crippen LogP contribution >= 0.6 is 23.2 Å². The first-order valence-corrected chi connectivity index (χ1v) is 11.9. The normalized spacial score (nSPS) is 16.1. The second-order valence-electron chi connectivity index (χ2n) is 9.28. The molecule has 0 spiro atoms.